The van der Waals surface area contributed by atoms with E-state index in [2.05, 4.69) is 30.1 Å². The summed E-state index contributed by atoms with van der Waals surface area (Å²) in [4.78, 5) is 0. The Hall–Kier alpha value is -2.10. The van der Waals surface area contributed by atoms with Crippen molar-refractivity contribution in [3.63, 3.8) is 0 Å². The van der Waals surface area contributed by atoms with Crippen molar-refractivity contribution in [2.45, 2.75) is 25.3 Å². The predicted molar refractivity (Wildman–Crippen MR) is 111 cm³/mol. The smallest absolute Gasteiger partial charge is 0.143 e. The van der Waals surface area contributed by atoms with Gasteiger partial charge in [0.1, 0.15) is 18.1 Å². The van der Waals surface area contributed by atoms with Gasteiger partial charge in [-0.2, -0.15) is 0 Å². The Labute approximate surface area is 169 Å². The summed E-state index contributed by atoms with van der Waals surface area (Å²) < 4.78 is 5.98. The number of benzene rings is 2. The molecule has 4 rings (SSSR count). The highest BCUT2D eigenvalue weighted by Crippen LogP contribution is 2.54. The maximum absolute atomic E-state index is 10.6. The molecule has 0 bridgehead atoms. The molecule has 2 aromatic carbocycles. The zero-order valence-electron chi connectivity index (χ0n) is 15.0. The first-order valence-corrected chi connectivity index (χ1v) is 9.72. The van der Waals surface area contributed by atoms with Crippen LogP contribution in [-0.2, 0) is 0 Å². The minimum absolute atomic E-state index is 0.0769. The van der Waals surface area contributed by atoms with E-state index < -0.39 is 0 Å². The first-order valence-electron chi connectivity index (χ1n) is 8.97. The lowest BCUT2D eigenvalue weighted by Gasteiger charge is -2.38. The second kappa shape index (κ2) is 7.14. The number of ether oxygens (including phenoxy) is 1. The van der Waals surface area contributed by atoms with Gasteiger partial charge in [0, 0.05) is 16.5 Å². The second-order valence-corrected chi connectivity index (χ2v) is 8.11. The van der Waals surface area contributed by atoms with Gasteiger partial charge in [-0.1, -0.05) is 54.1 Å². The largest absolute Gasteiger partial charge is 0.506 e. The van der Waals surface area contributed by atoms with Crippen LogP contribution in [-0.4, -0.2) is 11.7 Å². The molecule has 5 heteroatoms. The predicted octanol–water partition coefficient (Wildman–Crippen LogP) is 6.48. The van der Waals surface area contributed by atoms with Gasteiger partial charge in [-0.3, -0.25) is 0 Å². The maximum atomic E-state index is 10.6. The van der Waals surface area contributed by atoms with Gasteiger partial charge in [0.05, 0.1) is 16.8 Å². The Morgan fingerprint density at radius 1 is 1.30 bits per heavy atom. The zero-order chi connectivity index (χ0) is 19.1. The van der Waals surface area contributed by atoms with Gasteiger partial charge >= 0.3 is 0 Å². The minimum Gasteiger partial charge on any atom is -0.506 e. The van der Waals surface area contributed by atoms with Gasteiger partial charge in [0.15, 0.2) is 0 Å². The number of aromatic hydroxyl groups is 1. The summed E-state index contributed by atoms with van der Waals surface area (Å²) in [6.07, 6.45) is 5.36. The summed E-state index contributed by atoms with van der Waals surface area (Å²) in [7, 11) is 0. The highest BCUT2D eigenvalue weighted by molar-refractivity contribution is 6.35. The Balaban J connectivity index is 1.80. The van der Waals surface area contributed by atoms with E-state index >= 15 is 0 Å². The van der Waals surface area contributed by atoms with Crippen LogP contribution in [0.25, 0.3) is 0 Å². The highest BCUT2D eigenvalue weighted by Gasteiger charge is 2.40. The van der Waals surface area contributed by atoms with E-state index in [1.54, 1.807) is 12.1 Å². The molecule has 1 aliphatic carbocycles. The second-order valence-electron chi connectivity index (χ2n) is 7.27. The molecule has 1 heterocycles. The molecule has 2 N–H and O–H groups in total. The maximum Gasteiger partial charge on any atom is 0.143 e. The van der Waals surface area contributed by atoms with Gasteiger partial charge in [-0.15, -0.1) is 0 Å². The number of phenolic OH excluding ortho intramolecular Hbond substituents is 1. The van der Waals surface area contributed by atoms with Crippen LogP contribution in [0.4, 0.5) is 5.69 Å². The molecule has 0 fully saturated rings. The van der Waals surface area contributed by atoms with Crippen molar-refractivity contribution >= 4 is 28.9 Å². The molecule has 140 valence electrons. The van der Waals surface area contributed by atoms with Crippen LogP contribution in [0.15, 0.2) is 54.6 Å². The molecule has 0 aromatic heterocycles. The molecule has 0 radical (unpaired) electrons. The molecule has 0 amide bonds. The van der Waals surface area contributed by atoms with Gasteiger partial charge in [-0.05, 0) is 48.6 Å². The third-order valence-corrected chi connectivity index (χ3v) is 5.73. The fraction of sp³-hybridized carbons (Fsp3) is 0.273. The molecule has 1 aliphatic heterocycles. The van der Waals surface area contributed by atoms with Crippen molar-refractivity contribution in [1.29, 1.82) is 0 Å². The SMILES string of the molecule is C=C(C)COc1cccc2c1NC(c1cc(Cl)cc(Cl)c1O)C1CC=CC21. The van der Waals surface area contributed by atoms with E-state index in [0.29, 0.717) is 17.2 Å². The van der Waals surface area contributed by atoms with E-state index in [1.807, 2.05) is 19.1 Å². The first kappa shape index (κ1) is 18.3. The standard InChI is InChI=1S/C22H21Cl2NO2/c1-12(2)11-27-19-8-4-7-16-14-5-3-6-15(14)20(25-21(16)19)17-9-13(23)10-18(24)22(17)26/h3-5,7-10,14-15,20,25-26H,1,6,11H2,2H3. The number of rotatable bonds is 4. The molecule has 2 aromatic rings. The number of nitrogens with one attached hydrogen (secondary N) is 1. The van der Waals surface area contributed by atoms with Gasteiger partial charge in [0.2, 0.25) is 0 Å². The van der Waals surface area contributed by atoms with Crippen LogP contribution < -0.4 is 10.1 Å². The number of anilines is 1. The molecule has 3 unspecified atom stereocenters. The number of para-hydroxylation sites is 1. The van der Waals surface area contributed by atoms with Crippen molar-refractivity contribution in [3.8, 4) is 11.5 Å². The Morgan fingerprint density at radius 2 is 2.11 bits per heavy atom. The van der Waals surface area contributed by atoms with Crippen molar-refractivity contribution in [1.82, 2.24) is 0 Å². The third-order valence-electron chi connectivity index (χ3n) is 5.23. The molecule has 2 aliphatic rings. The summed E-state index contributed by atoms with van der Waals surface area (Å²) >= 11 is 12.4. The van der Waals surface area contributed by atoms with E-state index in [9.17, 15) is 5.11 Å². The molecular formula is C22H21Cl2NO2. The van der Waals surface area contributed by atoms with Crippen molar-refractivity contribution in [2.75, 3.05) is 11.9 Å². The van der Waals surface area contributed by atoms with Crippen molar-refractivity contribution in [3.05, 3.63) is 75.8 Å². The normalized spacial score (nSPS) is 22.7. The van der Waals surface area contributed by atoms with Crippen LogP contribution in [0.2, 0.25) is 10.0 Å². The lowest BCUT2D eigenvalue weighted by molar-refractivity contribution is 0.347. The topological polar surface area (TPSA) is 41.5 Å². The fourth-order valence-corrected chi connectivity index (χ4v) is 4.55. The molecule has 3 atom stereocenters. The number of phenols is 1. The van der Waals surface area contributed by atoms with Gasteiger partial charge in [-0.25, -0.2) is 0 Å². The van der Waals surface area contributed by atoms with Gasteiger partial charge in [0.25, 0.3) is 0 Å². The summed E-state index contributed by atoms with van der Waals surface area (Å²) in [6, 6.07) is 9.33. The first-order chi connectivity index (χ1) is 13.0. The number of hydrogen-bond acceptors (Lipinski definition) is 3. The van der Waals surface area contributed by atoms with E-state index in [0.717, 1.165) is 23.4 Å². The molecule has 0 saturated carbocycles. The number of fused-ring (bicyclic) bond motifs is 3. The molecule has 3 nitrogen and oxygen atoms in total. The lowest BCUT2D eigenvalue weighted by atomic mass is 9.76. The number of allylic oxidation sites excluding steroid dienone is 2. The monoisotopic (exact) mass is 401 g/mol. The Kier molecular flexibility index (Phi) is 4.83. The minimum atomic E-state index is -0.122. The Bertz CT molecular complexity index is 938. The van der Waals surface area contributed by atoms with Gasteiger partial charge < -0.3 is 15.2 Å². The molecular weight excluding hydrogens is 381 g/mol. The molecule has 0 spiro atoms. The summed E-state index contributed by atoms with van der Waals surface area (Å²) in [5.41, 5.74) is 3.83. The van der Waals surface area contributed by atoms with Crippen LogP contribution >= 0.6 is 23.2 Å². The van der Waals surface area contributed by atoms with Crippen LogP contribution in [0.3, 0.4) is 0 Å². The lowest BCUT2D eigenvalue weighted by Crippen LogP contribution is -2.29. The zero-order valence-corrected chi connectivity index (χ0v) is 16.5. The quantitative estimate of drug-likeness (QED) is 0.575. The fourth-order valence-electron chi connectivity index (χ4n) is 4.04. The van der Waals surface area contributed by atoms with Crippen LogP contribution in [0.1, 0.15) is 36.4 Å². The summed E-state index contributed by atoms with van der Waals surface area (Å²) in [5.74, 6) is 1.38. The van der Waals surface area contributed by atoms with Crippen LogP contribution in [0, 0.1) is 5.92 Å². The van der Waals surface area contributed by atoms with E-state index in [4.69, 9.17) is 27.9 Å². The summed E-state index contributed by atoms with van der Waals surface area (Å²) in [5, 5.41) is 15.0. The van der Waals surface area contributed by atoms with E-state index in [1.165, 1.54) is 5.56 Å². The molecule has 27 heavy (non-hydrogen) atoms. The third kappa shape index (κ3) is 3.30. The van der Waals surface area contributed by atoms with E-state index in [-0.39, 0.29) is 28.6 Å². The summed E-state index contributed by atoms with van der Waals surface area (Å²) in [6.45, 7) is 6.31. The van der Waals surface area contributed by atoms with Crippen LogP contribution in [0.5, 0.6) is 11.5 Å². The average molecular weight is 402 g/mol. The average Bonchev–Trinajstić information content (AvgIpc) is 3.12. The Morgan fingerprint density at radius 3 is 2.89 bits per heavy atom. The number of hydrogen-bond donors (Lipinski definition) is 2. The molecule has 0 saturated heterocycles. The highest BCUT2D eigenvalue weighted by atomic mass is 35.5. The van der Waals surface area contributed by atoms with Crippen molar-refractivity contribution < 1.29 is 9.84 Å². The van der Waals surface area contributed by atoms with Crippen molar-refractivity contribution in [2.24, 2.45) is 5.92 Å². The number of halogens is 2.